The smallest absolute Gasteiger partial charge is 0.316 e. The van der Waals surface area contributed by atoms with Crippen molar-refractivity contribution in [3.63, 3.8) is 0 Å². The number of carbonyl (C=O) groups is 1. The average molecular weight is 379 g/mol. The lowest BCUT2D eigenvalue weighted by Crippen LogP contribution is -2.32. The molecule has 8 heteroatoms. The van der Waals surface area contributed by atoms with E-state index in [1.165, 1.54) is 10.7 Å². The third kappa shape index (κ3) is 4.00. The van der Waals surface area contributed by atoms with Gasteiger partial charge in [0.25, 0.3) is 5.56 Å². The summed E-state index contributed by atoms with van der Waals surface area (Å²) in [6.45, 7) is 2.04. The Kier molecular flexibility index (Phi) is 5.01. The molecule has 1 aromatic carbocycles. The first-order chi connectivity index (χ1) is 13.6. The van der Waals surface area contributed by atoms with Crippen molar-refractivity contribution in [1.82, 2.24) is 25.2 Å². The second-order valence-electron chi connectivity index (χ2n) is 7.05. The summed E-state index contributed by atoms with van der Waals surface area (Å²) >= 11 is 0. The maximum Gasteiger partial charge on any atom is 0.316 e. The molecule has 1 aliphatic rings. The Balaban J connectivity index is 1.50. The van der Waals surface area contributed by atoms with E-state index in [9.17, 15) is 9.59 Å². The molecule has 1 fully saturated rings. The number of nitrogens with one attached hydrogen (secondary N) is 1. The van der Waals surface area contributed by atoms with Crippen LogP contribution in [0.15, 0.2) is 45.7 Å². The van der Waals surface area contributed by atoms with Crippen molar-refractivity contribution in [3.05, 3.63) is 64.0 Å². The van der Waals surface area contributed by atoms with E-state index in [1.54, 1.807) is 6.07 Å². The Morgan fingerprint density at radius 3 is 2.68 bits per heavy atom. The number of carbonyl (C=O) groups excluding carboxylic acids is 1. The molecule has 144 valence electrons. The first-order valence-corrected chi connectivity index (χ1v) is 9.37. The lowest BCUT2D eigenvalue weighted by Gasteiger charge is -2.08. The minimum Gasteiger partial charge on any atom is -0.345 e. The maximum atomic E-state index is 12.2. The fourth-order valence-corrected chi connectivity index (χ4v) is 3.30. The largest absolute Gasteiger partial charge is 0.345 e. The summed E-state index contributed by atoms with van der Waals surface area (Å²) in [5, 5.41) is 11.1. The van der Waals surface area contributed by atoms with E-state index >= 15 is 0 Å². The Hall–Kier alpha value is -3.29. The fraction of sp³-hybridized carbons (Fsp3) is 0.350. The average Bonchev–Trinajstić information content (AvgIpc) is 3.36. The van der Waals surface area contributed by atoms with Crippen LogP contribution in [0.5, 0.6) is 0 Å². The Bertz CT molecular complexity index is 1030. The molecule has 4 rings (SSSR count). The Morgan fingerprint density at radius 2 is 1.93 bits per heavy atom. The minimum atomic E-state index is -0.376. The lowest BCUT2D eigenvalue weighted by molar-refractivity contribution is 0.0893. The van der Waals surface area contributed by atoms with Crippen LogP contribution in [0.2, 0.25) is 0 Å². The Labute approximate surface area is 161 Å². The number of rotatable bonds is 5. The highest BCUT2D eigenvalue weighted by Gasteiger charge is 2.22. The third-order valence-electron chi connectivity index (χ3n) is 4.86. The van der Waals surface area contributed by atoms with Crippen molar-refractivity contribution < 1.29 is 9.32 Å². The van der Waals surface area contributed by atoms with E-state index in [0.717, 1.165) is 36.8 Å². The molecule has 8 nitrogen and oxygen atoms in total. The molecule has 0 unspecified atom stereocenters. The Morgan fingerprint density at radius 1 is 1.18 bits per heavy atom. The van der Waals surface area contributed by atoms with Gasteiger partial charge < -0.3 is 9.84 Å². The SMILES string of the molecule is Cc1ccc(-c2ccc(=O)n(Cc3noc(C(=O)NC4CCCC4)n3)n2)cc1. The summed E-state index contributed by atoms with van der Waals surface area (Å²) in [6, 6.07) is 11.2. The van der Waals surface area contributed by atoms with Gasteiger partial charge in [0.05, 0.1) is 5.69 Å². The van der Waals surface area contributed by atoms with E-state index in [-0.39, 0.29) is 35.8 Å². The van der Waals surface area contributed by atoms with Gasteiger partial charge in [-0.15, -0.1) is 0 Å². The molecule has 2 heterocycles. The number of amides is 1. The van der Waals surface area contributed by atoms with Crippen LogP contribution >= 0.6 is 0 Å². The highest BCUT2D eigenvalue weighted by molar-refractivity contribution is 5.89. The van der Waals surface area contributed by atoms with Gasteiger partial charge in [-0.3, -0.25) is 9.59 Å². The van der Waals surface area contributed by atoms with Gasteiger partial charge >= 0.3 is 11.8 Å². The van der Waals surface area contributed by atoms with Crippen molar-refractivity contribution >= 4 is 5.91 Å². The molecule has 0 aliphatic heterocycles. The van der Waals surface area contributed by atoms with Crippen LogP contribution in [0.25, 0.3) is 11.3 Å². The summed E-state index contributed by atoms with van der Waals surface area (Å²) < 4.78 is 6.32. The van der Waals surface area contributed by atoms with Gasteiger partial charge in [0.15, 0.2) is 5.82 Å². The van der Waals surface area contributed by atoms with Crippen LogP contribution < -0.4 is 10.9 Å². The summed E-state index contributed by atoms with van der Waals surface area (Å²) in [4.78, 5) is 28.5. The highest BCUT2D eigenvalue weighted by Crippen LogP contribution is 2.18. The first kappa shape index (κ1) is 18.1. The van der Waals surface area contributed by atoms with E-state index < -0.39 is 0 Å². The van der Waals surface area contributed by atoms with Gasteiger partial charge in [-0.2, -0.15) is 10.1 Å². The molecule has 1 aliphatic carbocycles. The van der Waals surface area contributed by atoms with E-state index in [0.29, 0.717) is 5.69 Å². The van der Waals surface area contributed by atoms with Crippen LogP contribution in [-0.4, -0.2) is 31.9 Å². The fourth-order valence-electron chi connectivity index (χ4n) is 3.30. The topological polar surface area (TPSA) is 103 Å². The molecule has 1 saturated carbocycles. The van der Waals surface area contributed by atoms with Crippen LogP contribution in [-0.2, 0) is 6.54 Å². The van der Waals surface area contributed by atoms with Crippen molar-refractivity contribution in [2.24, 2.45) is 0 Å². The summed E-state index contributed by atoms with van der Waals surface area (Å²) in [7, 11) is 0. The predicted octanol–water partition coefficient (Wildman–Crippen LogP) is 2.32. The zero-order chi connectivity index (χ0) is 19.5. The quantitative estimate of drug-likeness (QED) is 0.730. The summed E-state index contributed by atoms with van der Waals surface area (Å²) in [5.41, 5.74) is 2.44. The zero-order valence-corrected chi connectivity index (χ0v) is 15.6. The molecule has 28 heavy (non-hydrogen) atoms. The number of benzene rings is 1. The highest BCUT2D eigenvalue weighted by atomic mass is 16.5. The number of hydrogen-bond acceptors (Lipinski definition) is 6. The van der Waals surface area contributed by atoms with Gasteiger partial charge in [0.1, 0.15) is 6.54 Å². The lowest BCUT2D eigenvalue weighted by atomic mass is 10.1. The van der Waals surface area contributed by atoms with Crippen molar-refractivity contribution in [2.75, 3.05) is 0 Å². The van der Waals surface area contributed by atoms with Gasteiger partial charge in [0.2, 0.25) is 0 Å². The molecule has 3 aromatic rings. The van der Waals surface area contributed by atoms with Crippen molar-refractivity contribution in [3.8, 4) is 11.3 Å². The van der Waals surface area contributed by atoms with Crippen LogP contribution in [0.4, 0.5) is 0 Å². The molecule has 0 radical (unpaired) electrons. The number of aromatic nitrogens is 4. The van der Waals surface area contributed by atoms with E-state index in [2.05, 4.69) is 20.6 Å². The molecule has 1 N–H and O–H groups in total. The van der Waals surface area contributed by atoms with Crippen molar-refractivity contribution in [2.45, 2.75) is 45.2 Å². The summed E-state index contributed by atoms with van der Waals surface area (Å²) in [5.74, 6) is -0.240. The molecular formula is C20H21N5O3. The van der Waals surface area contributed by atoms with Gasteiger partial charge in [-0.05, 0) is 25.8 Å². The molecule has 2 aromatic heterocycles. The van der Waals surface area contributed by atoms with Crippen LogP contribution in [0.3, 0.4) is 0 Å². The van der Waals surface area contributed by atoms with E-state index in [4.69, 9.17) is 4.52 Å². The molecular weight excluding hydrogens is 358 g/mol. The summed E-state index contributed by atoms with van der Waals surface area (Å²) in [6.07, 6.45) is 4.17. The number of nitrogens with zero attached hydrogens (tertiary/aromatic N) is 4. The molecule has 0 atom stereocenters. The third-order valence-corrected chi connectivity index (χ3v) is 4.86. The second-order valence-corrected chi connectivity index (χ2v) is 7.05. The van der Waals surface area contributed by atoms with Crippen molar-refractivity contribution in [1.29, 1.82) is 0 Å². The molecule has 0 bridgehead atoms. The molecule has 0 spiro atoms. The minimum absolute atomic E-state index is 0.0265. The number of aryl methyl sites for hydroxylation is 1. The van der Waals surface area contributed by atoms with E-state index in [1.807, 2.05) is 31.2 Å². The molecule has 0 saturated heterocycles. The maximum absolute atomic E-state index is 12.2. The van der Waals surface area contributed by atoms with Gasteiger partial charge in [-0.1, -0.05) is 47.8 Å². The first-order valence-electron chi connectivity index (χ1n) is 9.37. The van der Waals surface area contributed by atoms with Gasteiger partial charge in [-0.25, -0.2) is 4.68 Å². The van der Waals surface area contributed by atoms with Gasteiger partial charge in [0, 0.05) is 17.7 Å². The molecule has 1 amide bonds. The van der Waals surface area contributed by atoms with Crippen LogP contribution in [0.1, 0.15) is 47.8 Å². The normalized spacial score (nSPS) is 14.3. The predicted molar refractivity (Wildman–Crippen MR) is 102 cm³/mol. The number of hydrogen-bond donors (Lipinski definition) is 1. The second kappa shape index (κ2) is 7.75. The zero-order valence-electron chi connectivity index (χ0n) is 15.6. The standard InChI is InChI=1S/C20H21N5O3/c1-13-6-8-14(9-7-13)16-10-11-18(26)25(23-16)12-17-22-20(28-24-17)19(27)21-15-4-2-3-5-15/h6-11,15H,2-5,12H2,1H3,(H,21,27). The monoisotopic (exact) mass is 379 g/mol. The van der Waals surface area contributed by atoms with Crippen LogP contribution in [0, 0.1) is 6.92 Å².